The van der Waals surface area contributed by atoms with Crippen molar-refractivity contribution in [2.45, 2.75) is 12.6 Å². The van der Waals surface area contributed by atoms with Crippen molar-refractivity contribution in [3.63, 3.8) is 0 Å². The highest BCUT2D eigenvalue weighted by Gasteiger charge is 2.26. The molecule has 4 aromatic rings. The van der Waals surface area contributed by atoms with Gasteiger partial charge in [-0.1, -0.05) is 59.6 Å². The molecule has 1 fully saturated rings. The molecular formula is C30H30Cl2N4O4. The van der Waals surface area contributed by atoms with Gasteiger partial charge in [-0.25, -0.2) is 4.98 Å². The van der Waals surface area contributed by atoms with Crippen LogP contribution in [0.5, 0.6) is 5.75 Å². The molecule has 0 spiro atoms. The maximum Gasteiger partial charge on any atom is 0.269 e. The van der Waals surface area contributed by atoms with Gasteiger partial charge >= 0.3 is 0 Å². The van der Waals surface area contributed by atoms with Crippen molar-refractivity contribution in [1.82, 2.24) is 19.4 Å². The number of carbonyl (C=O) groups is 1. The number of likely N-dealkylation sites (N-methyl/N-ethyl adjacent to an activating group) is 1. The van der Waals surface area contributed by atoms with Gasteiger partial charge in [-0.3, -0.25) is 19.1 Å². The number of hydrogen-bond acceptors (Lipinski definition) is 6. The summed E-state index contributed by atoms with van der Waals surface area (Å²) >= 11 is 12.4. The molecule has 1 atom stereocenters. The molecule has 8 nitrogen and oxygen atoms in total. The van der Waals surface area contributed by atoms with Crippen LogP contribution in [0, 0.1) is 0 Å². The largest absolute Gasteiger partial charge is 0.497 e. The predicted molar refractivity (Wildman–Crippen MR) is 157 cm³/mol. The summed E-state index contributed by atoms with van der Waals surface area (Å²) in [6, 6.07) is 19.0. The maximum atomic E-state index is 13.7. The zero-order chi connectivity index (χ0) is 28.2. The minimum absolute atomic E-state index is 0.159. The second kappa shape index (κ2) is 12.4. The third kappa shape index (κ3) is 6.15. The smallest absolute Gasteiger partial charge is 0.269 e. The van der Waals surface area contributed by atoms with Gasteiger partial charge in [0, 0.05) is 26.7 Å². The number of hydrogen-bond donors (Lipinski definition) is 0. The van der Waals surface area contributed by atoms with Gasteiger partial charge in [0.1, 0.15) is 12.3 Å². The number of nitrogens with zero attached hydrogens (tertiary/aromatic N) is 4. The van der Waals surface area contributed by atoms with Gasteiger partial charge in [-0.15, -0.1) is 0 Å². The number of rotatable bonds is 8. The molecule has 2 heterocycles. The predicted octanol–water partition coefficient (Wildman–Crippen LogP) is 4.91. The second-order valence-electron chi connectivity index (χ2n) is 9.72. The summed E-state index contributed by atoms with van der Waals surface area (Å²) in [6.45, 7) is 3.36. The first-order chi connectivity index (χ1) is 19.3. The highest BCUT2D eigenvalue weighted by molar-refractivity contribution is 6.42. The third-order valence-corrected chi connectivity index (χ3v) is 8.00. The standard InChI is InChI=1S/C30H30Cl2N4O4/c1-34(30(38)19-36-27-16-25(32)24(31)15-26(27)33-17-29(36)37)28(18-35-10-12-40-13-11-35)21-8-6-20(7-9-21)22-4-3-5-23(14-22)39-2/h3-9,14-17,28H,10-13,18-19H2,1-2H3. The highest BCUT2D eigenvalue weighted by Crippen LogP contribution is 2.29. The Morgan fingerprint density at radius 1 is 1.05 bits per heavy atom. The van der Waals surface area contributed by atoms with Crippen LogP contribution in [0.25, 0.3) is 22.2 Å². The van der Waals surface area contributed by atoms with Crippen LogP contribution in [0.4, 0.5) is 0 Å². The van der Waals surface area contributed by atoms with Crippen molar-refractivity contribution in [3.8, 4) is 16.9 Å². The van der Waals surface area contributed by atoms with Crippen molar-refractivity contribution in [3.05, 3.63) is 92.8 Å². The molecule has 1 aromatic heterocycles. The van der Waals surface area contributed by atoms with E-state index in [1.807, 2.05) is 24.3 Å². The van der Waals surface area contributed by atoms with Crippen LogP contribution in [0.2, 0.25) is 10.0 Å². The van der Waals surface area contributed by atoms with Crippen LogP contribution in [0.15, 0.2) is 71.7 Å². The van der Waals surface area contributed by atoms with E-state index >= 15 is 0 Å². The van der Waals surface area contributed by atoms with E-state index in [-0.39, 0.29) is 29.1 Å². The molecule has 3 aromatic carbocycles. The Balaban J connectivity index is 1.44. The van der Waals surface area contributed by atoms with Gasteiger partial charge in [0.2, 0.25) is 5.91 Å². The lowest BCUT2D eigenvalue weighted by atomic mass is 9.99. The van der Waals surface area contributed by atoms with E-state index in [4.69, 9.17) is 32.7 Å². The van der Waals surface area contributed by atoms with E-state index in [0.717, 1.165) is 35.5 Å². The molecule has 1 aliphatic heterocycles. The Morgan fingerprint density at radius 3 is 2.50 bits per heavy atom. The maximum absolute atomic E-state index is 13.7. The highest BCUT2D eigenvalue weighted by atomic mass is 35.5. The number of halogens is 2. The van der Waals surface area contributed by atoms with Crippen molar-refractivity contribution < 1.29 is 14.3 Å². The Bertz CT molecular complexity index is 1570. The fourth-order valence-corrected chi connectivity index (χ4v) is 5.24. The first-order valence-corrected chi connectivity index (χ1v) is 13.7. The Kier molecular flexibility index (Phi) is 8.71. The monoisotopic (exact) mass is 580 g/mol. The Morgan fingerprint density at radius 2 is 1.77 bits per heavy atom. The number of aromatic nitrogens is 2. The minimum atomic E-state index is -0.389. The van der Waals surface area contributed by atoms with Crippen LogP contribution in [0.1, 0.15) is 11.6 Å². The molecular weight excluding hydrogens is 551 g/mol. The van der Waals surface area contributed by atoms with Gasteiger partial charge in [0.25, 0.3) is 5.56 Å². The second-order valence-corrected chi connectivity index (χ2v) is 10.5. The van der Waals surface area contributed by atoms with Crippen molar-refractivity contribution in [2.24, 2.45) is 0 Å². The number of fused-ring (bicyclic) bond motifs is 1. The normalized spacial score (nSPS) is 14.7. The van der Waals surface area contributed by atoms with Gasteiger partial charge in [-0.05, 0) is 41.0 Å². The van der Waals surface area contributed by atoms with Crippen LogP contribution in [-0.2, 0) is 16.1 Å². The summed E-state index contributed by atoms with van der Waals surface area (Å²) < 4.78 is 12.3. The summed E-state index contributed by atoms with van der Waals surface area (Å²) in [5.74, 6) is 0.579. The summed E-state index contributed by atoms with van der Waals surface area (Å²) in [7, 11) is 3.43. The number of ether oxygens (including phenoxy) is 2. The first-order valence-electron chi connectivity index (χ1n) is 13.0. The van der Waals surface area contributed by atoms with Crippen LogP contribution < -0.4 is 10.3 Å². The van der Waals surface area contributed by atoms with Gasteiger partial charge in [-0.2, -0.15) is 0 Å². The number of carbonyl (C=O) groups excluding carboxylic acids is 1. The zero-order valence-corrected chi connectivity index (χ0v) is 23.9. The molecule has 0 bridgehead atoms. The molecule has 1 amide bonds. The SMILES string of the molecule is COc1cccc(-c2ccc(C(CN3CCOCC3)N(C)C(=O)Cn3c(=O)cnc4cc(Cl)c(Cl)cc43)cc2)c1. The van der Waals surface area contributed by atoms with Crippen molar-refractivity contribution >= 4 is 40.1 Å². The van der Waals surface area contributed by atoms with E-state index in [9.17, 15) is 9.59 Å². The third-order valence-electron chi connectivity index (χ3n) is 7.28. The molecule has 208 valence electrons. The number of methoxy groups -OCH3 is 1. The molecule has 0 aliphatic carbocycles. The fraction of sp³-hybridized carbons (Fsp3) is 0.300. The molecule has 1 saturated heterocycles. The lowest BCUT2D eigenvalue weighted by molar-refractivity contribution is -0.133. The van der Waals surface area contributed by atoms with Crippen LogP contribution in [0.3, 0.4) is 0 Å². The lowest BCUT2D eigenvalue weighted by Gasteiger charge is -2.35. The quantitative estimate of drug-likeness (QED) is 0.295. The van der Waals surface area contributed by atoms with Crippen molar-refractivity contribution in [1.29, 1.82) is 0 Å². The average molecular weight is 582 g/mol. The Labute approximate surface area is 242 Å². The van der Waals surface area contributed by atoms with E-state index in [2.05, 4.69) is 34.1 Å². The summed E-state index contributed by atoms with van der Waals surface area (Å²) in [4.78, 5) is 34.7. The number of amides is 1. The van der Waals surface area contributed by atoms with E-state index in [1.165, 1.54) is 10.8 Å². The van der Waals surface area contributed by atoms with E-state index < -0.39 is 0 Å². The molecule has 40 heavy (non-hydrogen) atoms. The van der Waals surface area contributed by atoms with Crippen LogP contribution in [-0.4, -0.2) is 72.3 Å². The van der Waals surface area contributed by atoms with Gasteiger partial charge < -0.3 is 14.4 Å². The van der Waals surface area contributed by atoms with E-state index in [0.29, 0.717) is 35.8 Å². The molecule has 5 rings (SSSR count). The number of morpholine rings is 1. The van der Waals surface area contributed by atoms with Crippen LogP contribution >= 0.6 is 23.2 Å². The van der Waals surface area contributed by atoms with E-state index in [1.54, 1.807) is 31.2 Å². The zero-order valence-electron chi connectivity index (χ0n) is 22.3. The summed E-state index contributed by atoms with van der Waals surface area (Å²) in [6.07, 6.45) is 1.20. The molecule has 0 saturated carbocycles. The fourth-order valence-electron chi connectivity index (χ4n) is 4.92. The average Bonchev–Trinajstić information content (AvgIpc) is 2.98. The summed E-state index contributed by atoms with van der Waals surface area (Å²) in [5.41, 5.74) is 3.64. The topological polar surface area (TPSA) is 76.9 Å². The Hall–Kier alpha value is -3.43. The minimum Gasteiger partial charge on any atom is -0.497 e. The molecule has 10 heteroatoms. The molecule has 0 N–H and O–H groups in total. The lowest BCUT2D eigenvalue weighted by Crippen LogP contribution is -2.45. The van der Waals surface area contributed by atoms with Crippen molar-refractivity contribution in [2.75, 3.05) is 47.0 Å². The molecule has 0 radical (unpaired) electrons. The first kappa shape index (κ1) is 28.1. The van der Waals surface area contributed by atoms with Gasteiger partial charge in [0.05, 0.1) is 53.6 Å². The van der Waals surface area contributed by atoms with Gasteiger partial charge in [0.15, 0.2) is 0 Å². The molecule has 1 unspecified atom stereocenters. The number of benzene rings is 3. The molecule has 1 aliphatic rings. The summed E-state index contributed by atoms with van der Waals surface area (Å²) in [5, 5.41) is 0.621.